The van der Waals surface area contributed by atoms with E-state index in [1.807, 2.05) is 41.5 Å². The fraction of sp³-hybridized carbons (Fsp3) is 0.435. The summed E-state index contributed by atoms with van der Waals surface area (Å²) in [7, 11) is 1.66. The highest BCUT2D eigenvalue weighted by molar-refractivity contribution is 7.80. The Morgan fingerprint density at radius 2 is 1.97 bits per heavy atom. The van der Waals surface area contributed by atoms with Gasteiger partial charge in [0, 0.05) is 43.3 Å². The number of thiazole rings is 1. The summed E-state index contributed by atoms with van der Waals surface area (Å²) in [4.78, 5) is 22.9. The van der Waals surface area contributed by atoms with Crippen LogP contribution >= 0.6 is 35.1 Å². The zero-order valence-corrected chi connectivity index (χ0v) is 21.6. The summed E-state index contributed by atoms with van der Waals surface area (Å²) in [5, 5.41) is 10.8. The number of carbonyl (C=O) groups is 1. The lowest BCUT2D eigenvalue weighted by Gasteiger charge is -2.40. The zero-order valence-electron chi connectivity index (χ0n) is 19.1. The Hall–Kier alpha value is -2.63. The van der Waals surface area contributed by atoms with E-state index in [0.29, 0.717) is 5.69 Å². The van der Waals surface area contributed by atoms with E-state index in [4.69, 9.17) is 17.0 Å². The van der Waals surface area contributed by atoms with Gasteiger partial charge in [0.05, 0.1) is 12.8 Å². The van der Waals surface area contributed by atoms with Gasteiger partial charge in [-0.25, -0.2) is 4.98 Å². The van der Waals surface area contributed by atoms with Crippen molar-refractivity contribution in [2.24, 2.45) is 5.41 Å². The van der Waals surface area contributed by atoms with Crippen molar-refractivity contribution in [1.29, 1.82) is 0 Å². The number of hydrogen-bond acceptors (Lipinski definition) is 8. The first-order valence-corrected chi connectivity index (χ1v) is 13.3. The second kappa shape index (κ2) is 9.55. The number of aromatic nitrogens is 3. The molecule has 2 aliphatic heterocycles. The normalized spacial score (nSPS) is 17.2. The molecule has 2 aliphatic rings. The quantitative estimate of drug-likeness (QED) is 0.516. The van der Waals surface area contributed by atoms with E-state index >= 15 is 0 Å². The number of anilines is 1. The number of nitrogens with zero attached hydrogens (tertiary/aromatic N) is 5. The number of ether oxygens (including phenoxy) is 1. The van der Waals surface area contributed by atoms with Crippen molar-refractivity contribution in [2.75, 3.05) is 38.6 Å². The van der Waals surface area contributed by atoms with E-state index in [1.165, 1.54) is 22.9 Å². The highest BCUT2D eigenvalue weighted by atomic mass is 32.1. The smallest absolute Gasteiger partial charge is 0.273 e. The predicted molar refractivity (Wildman–Crippen MR) is 139 cm³/mol. The molecule has 4 heterocycles. The first-order valence-electron chi connectivity index (χ1n) is 11.2. The van der Waals surface area contributed by atoms with Gasteiger partial charge in [-0.1, -0.05) is 10.6 Å². The molecule has 2 fully saturated rings. The van der Waals surface area contributed by atoms with Crippen molar-refractivity contribution in [3.8, 4) is 15.6 Å². The van der Waals surface area contributed by atoms with Crippen LogP contribution in [0.3, 0.4) is 0 Å². The number of carbonyl (C=O) groups excluding carboxylic acids is 1. The topological polar surface area (TPSA) is 83.5 Å². The molecular formula is C23H26N6O2S3. The molecule has 1 aromatic carbocycles. The van der Waals surface area contributed by atoms with Crippen LogP contribution < -0.4 is 10.1 Å². The molecule has 0 aliphatic carbocycles. The summed E-state index contributed by atoms with van der Waals surface area (Å²) in [6.07, 6.45) is 3.06. The number of likely N-dealkylation sites (tertiary alicyclic amines) is 2. The molecule has 3 aromatic rings. The minimum Gasteiger partial charge on any atom is -0.497 e. The van der Waals surface area contributed by atoms with Gasteiger partial charge in [-0.15, -0.1) is 16.4 Å². The summed E-state index contributed by atoms with van der Waals surface area (Å²) in [6, 6.07) is 7.78. The summed E-state index contributed by atoms with van der Waals surface area (Å²) >= 11 is 8.46. The third-order valence-electron chi connectivity index (χ3n) is 6.73. The van der Waals surface area contributed by atoms with E-state index in [9.17, 15) is 4.79 Å². The van der Waals surface area contributed by atoms with Gasteiger partial charge in [-0.2, -0.15) is 0 Å². The Morgan fingerprint density at radius 3 is 2.68 bits per heavy atom. The van der Waals surface area contributed by atoms with Gasteiger partial charge < -0.3 is 19.9 Å². The molecule has 0 saturated carbocycles. The zero-order chi connectivity index (χ0) is 23.7. The highest BCUT2D eigenvalue weighted by Crippen LogP contribution is 2.41. The molecule has 1 amide bonds. The van der Waals surface area contributed by atoms with E-state index < -0.39 is 0 Å². The molecule has 0 bridgehead atoms. The van der Waals surface area contributed by atoms with Crippen molar-refractivity contribution < 1.29 is 9.53 Å². The van der Waals surface area contributed by atoms with Gasteiger partial charge >= 0.3 is 0 Å². The van der Waals surface area contributed by atoms with Gasteiger partial charge in [-0.05, 0) is 67.5 Å². The van der Waals surface area contributed by atoms with Crippen LogP contribution in [-0.2, 0) is 0 Å². The maximum Gasteiger partial charge on any atom is 0.273 e. The number of aryl methyl sites for hydroxylation is 1. The van der Waals surface area contributed by atoms with Crippen LogP contribution in [0.4, 0.5) is 5.69 Å². The van der Waals surface area contributed by atoms with Crippen LogP contribution in [0, 0.1) is 12.3 Å². The van der Waals surface area contributed by atoms with E-state index in [-0.39, 0.29) is 11.3 Å². The molecule has 2 aromatic heterocycles. The summed E-state index contributed by atoms with van der Waals surface area (Å²) in [5.74, 6) is 0.819. The lowest BCUT2D eigenvalue weighted by Crippen LogP contribution is -2.46. The molecule has 2 saturated heterocycles. The minimum absolute atomic E-state index is 0.0205. The molecular weight excluding hydrogens is 488 g/mol. The molecule has 1 N–H and O–H groups in total. The van der Waals surface area contributed by atoms with E-state index in [0.717, 1.165) is 77.6 Å². The lowest BCUT2D eigenvalue weighted by atomic mass is 9.78. The number of nitrogens with one attached hydrogen (secondary N) is 1. The number of hydrogen-bond donors (Lipinski definition) is 1. The maximum atomic E-state index is 13.2. The van der Waals surface area contributed by atoms with Gasteiger partial charge in [0.25, 0.3) is 5.91 Å². The van der Waals surface area contributed by atoms with E-state index in [1.54, 1.807) is 7.11 Å². The second-order valence-electron chi connectivity index (χ2n) is 8.85. The average molecular weight is 515 g/mol. The standard InChI is InChI=1S/C23H26N6O2S3/c1-15-19(34-27-26-15)20-25-18(13-33-20)21(30)29-11-8-23(14-29)6-9-28(10-7-23)22(32)24-16-4-3-5-17(12-16)31-2/h3-5,12-13H,6-11,14H2,1-2H3,(H,24,32). The Bertz CT molecular complexity index is 1200. The predicted octanol–water partition coefficient (Wildman–Crippen LogP) is 4.30. The largest absolute Gasteiger partial charge is 0.497 e. The number of amides is 1. The third kappa shape index (κ3) is 4.64. The van der Waals surface area contributed by atoms with E-state index in [2.05, 4.69) is 24.8 Å². The molecule has 178 valence electrons. The number of rotatable bonds is 4. The first kappa shape index (κ1) is 23.1. The average Bonchev–Trinajstić information content (AvgIpc) is 3.59. The van der Waals surface area contributed by atoms with Gasteiger partial charge in [-0.3, -0.25) is 4.79 Å². The Balaban J connectivity index is 1.17. The van der Waals surface area contributed by atoms with Crippen LogP contribution in [0.2, 0.25) is 0 Å². The fourth-order valence-corrected chi connectivity index (χ4v) is 6.55. The monoisotopic (exact) mass is 514 g/mol. The summed E-state index contributed by atoms with van der Waals surface area (Å²) in [5.41, 5.74) is 2.46. The van der Waals surface area contributed by atoms with Crippen molar-refractivity contribution >= 4 is 51.8 Å². The molecule has 34 heavy (non-hydrogen) atoms. The number of methoxy groups -OCH3 is 1. The molecule has 0 unspecified atom stereocenters. The Morgan fingerprint density at radius 1 is 1.21 bits per heavy atom. The highest BCUT2D eigenvalue weighted by Gasteiger charge is 2.43. The van der Waals surface area contributed by atoms with Crippen LogP contribution in [0.5, 0.6) is 5.75 Å². The molecule has 0 atom stereocenters. The third-order valence-corrected chi connectivity index (χ3v) is 8.91. The van der Waals surface area contributed by atoms with Crippen molar-refractivity contribution in [2.45, 2.75) is 26.2 Å². The molecule has 11 heteroatoms. The summed E-state index contributed by atoms with van der Waals surface area (Å²) in [6.45, 7) is 5.24. The summed E-state index contributed by atoms with van der Waals surface area (Å²) < 4.78 is 9.27. The number of piperidine rings is 1. The first-order chi connectivity index (χ1) is 16.5. The fourth-order valence-electron chi connectivity index (χ4n) is 4.67. The van der Waals surface area contributed by atoms with Crippen LogP contribution in [-0.4, -0.2) is 68.7 Å². The van der Waals surface area contributed by atoms with Gasteiger partial charge in [0.2, 0.25) is 0 Å². The van der Waals surface area contributed by atoms with Crippen LogP contribution in [0.25, 0.3) is 9.88 Å². The molecule has 0 radical (unpaired) electrons. The van der Waals surface area contributed by atoms with Gasteiger partial charge in [0.15, 0.2) is 5.11 Å². The lowest BCUT2D eigenvalue weighted by molar-refractivity contribution is 0.0744. The minimum atomic E-state index is 0.0205. The number of thiocarbonyl (C=S) groups is 1. The second-order valence-corrected chi connectivity index (χ2v) is 10.9. The SMILES string of the molecule is COc1cccc(NC(=S)N2CCC3(CCN(C(=O)c4csc(-c5snnc5C)n4)C3)CC2)c1. The Labute approximate surface area is 212 Å². The maximum absolute atomic E-state index is 13.2. The van der Waals surface area contributed by atoms with Crippen molar-refractivity contribution in [3.05, 3.63) is 41.0 Å². The van der Waals surface area contributed by atoms with Crippen LogP contribution in [0.1, 0.15) is 35.4 Å². The molecule has 1 spiro atoms. The van der Waals surface area contributed by atoms with Crippen molar-refractivity contribution in [3.63, 3.8) is 0 Å². The molecule has 5 rings (SSSR count). The van der Waals surface area contributed by atoms with Crippen molar-refractivity contribution in [1.82, 2.24) is 24.4 Å². The van der Waals surface area contributed by atoms with Gasteiger partial charge in [0.1, 0.15) is 21.3 Å². The van der Waals surface area contributed by atoms with Crippen LogP contribution in [0.15, 0.2) is 29.6 Å². The Kier molecular flexibility index (Phi) is 6.50. The number of benzene rings is 1. The molecule has 8 nitrogen and oxygen atoms in total.